The summed E-state index contributed by atoms with van der Waals surface area (Å²) in [7, 11) is 0. The number of fused-ring (bicyclic) bond motifs is 1. The zero-order valence-corrected chi connectivity index (χ0v) is 18.5. The number of amides is 1. The molecule has 3 heterocycles. The van der Waals surface area contributed by atoms with Gasteiger partial charge in [0.1, 0.15) is 28.6 Å². The fourth-order valence-electron chi connectivity index (χ4n) is 3.30. The minimum Gasteiger partial charge on any atom is -0.438 e. The van der Waals surface area contributed by atoms with Crippen molar-refractivity contribution in [1.29, 1.82) is 5.26 Å². The lowest BCUT2D eigenvalue weighted by molar-refractivity contribution is -0.117. The summed E-state index contributed by atoms with van der Waals surface area (Å²) in [6.07, 6.45) is 4.51. The maximum atomic E-state index is 13.2. The van der Waals surface area contributed by atoms with E-state index in [0.717, 1.165) is 17.3 Å². The van der Waals surface area contributed by atoms with E-state index >= 15 is 0 Å². The van der Waals surface area contributed by atoms with Crippen molar-refractivity contribution >= 4 is 33.6 Å². The van der Waals surface area contributed by atoms with Crippen LogP contribution in [0.5, 0.6) is 11.6 Å². The number of halogens is 1. The smallest absolute Gasteiger partial charge is 0.269 e. The molecule has 1 amide bonds. The largest absolute Gasteiger partial charge is 0.438 e. The van der Waals surface area contributed by atoms with Crippen molar-refractivity contribution in [3.05, 3.63) is 74.6 Å². The zero-order chi connectivity index (χ0) is 22.5. The molecule has 4 rings (SSSR count). The standard InChI is InChI=1S/C23H19BrN4O4/c24-16-6-8-17(9-7-16)32-22-19(23(30)28-10-2-1-5-20(28)27-22)12-15(13-25)21(29)26-14-18-4-3-11-31-18/h1-2,5-10,12,18H,3-4,11,14H2,(H,26,29). The molecule has 0 saturated carbocycles. The molecule has 0 spiro atoms. The van der Waals surface area contributed by atoms with Crippen LogP contribution in [0.15, 0.2) is 63.5 Å². The predicted molar refractivity (Wildman–Crippen MR) is 121 cm³/mol. The molecule has 1 aliphatic rings. The maximum absolute atomic E-state index is 13.2. The SMILES string of the molecule is N#CC(=Cc1c(Oc2ccc(Br)cc2)nc2ccccn2c1=O)C(=O)NCC1CCCO1. The molecular weight excluding hydrogens is 476 g/mol. The number of benzene rings is 1. The van der Waals surface area contributed by atoms with Gasteiger partial charge in [0.25, 0.3) is 11.5 Å². The van der Waals surface area contributed by atoms with Gasteiger partial charge >= 0.3 is 0 Å². The first-order chi connectivity index (χ1) is 15.5. The van der Waals surface area contributed by atoms with E-state index < -0.39 is 11.5 Å². The van der Waals surface area contributed by atoms with Crippen molar-refractivity contribution in [2.45, 2.75) is 18.9 Å². The molecule has 32 heavy (non-hydrogen) atoms. The number of hydrogen-bond acceptors (Lipinski definition) is 6. The summed E-state index contributed by atoms with van der Waals surface area (Å²) < 4.78 is 13.6. The van der Waals surface area contributed by atoms with Gasteiger partial charge in [-0.2, -0.15) is 10.2 Å². The molecule has 1 N–H and O–H groups in total. The Morgan fingerprint density at radius 2 is 2.16 bits per heavy atom. The number of pyridine rings is 1. The molecule has 9 heteroatoms. The first-order valence-electron chi connectivity index (χ1n) is 10.0. The molecule has 1 saturated heterocycles. The molecule has 0 radical (unpaired) electrons. The molecule has 2 aromatic heterocycles. The van der Waals surface area contributed by atoms with Crippen LogP contribution in [0, 0.1) is 11.3 Å². The van der Waals surface area contributed by atoms with Crippen molar-refractivity contribution in [1.82, 2.24) is 14.7 Å². The molecule has 8 nitrogen and oxygen atoms in total. The highest BCUT2D eigenvalue weighted by atomic mass is 79.9. The molecule has 0 aliphatic carbocycles. The Kier molecular flexibility index (Phi) is 6.63. The third kappa shape index (κ3) is 4.88. The quantitative estimate of drug-likeness (QED) is 0.415. The Labute approximate surface area is 192 Å². The van der Waals surface area contributed by atoms with Gasteiger partial charge in [0.15, 0.2) is 0 Å². The highest BCUT2D eigenvalue weighted by Gasteiger charge is 2.20. The summed E-state index contributed by atoms with van der Waals surface area (Å²) in [6, 6.07) is 14.0. The predicted octanol–water partition coefficient (Wildman–Crippen LogP) is 3.45. The third-order valence-corrected chi connectivity index (χ3v) is 5.46. The van der Waals surface area contributed by atoms with Gasteiger partial charge < -0.3 is 14.8 Å². The van der Waals surface area contributed by atoms with Gasteiger partial charge in [0.05, 0.1) is 6.10 Å². The molecule has 1 fully saturated rings. The summed E-state index contributed by atoms with van der Waals surface area (Å²) in [5.41, 5.74) is -0.302. The van der Waals surface area contributed by atoms with Crippen LogP contribution in [0.2, 0.25) is 0 Å². The van der Waals surface area contributed by atoms with Crippen LogP contribution in [0.25, 0.3) is 11.7 Å². The Morgan fingerprint density at radius 3 is 2.88 bits per heavy atom. The normalized spacial score (nSPS) is 16.0. The molecule has 1 unspecified atom stereocenters. The maximum Gasteiger partial charge on any atom is 0.269 e. The fraction of sp³-hybridized carbons (Fsp3) is 0.217. The average molecular weight is 495 g/mol. The van der Waals surface area contributed by atoms with E-state index in [9.17, 15) is 14.9 Å². The topological polar surface area (TPSA) is 106 Å². The van der Waals surface area contributed by atoms with Crippen LogP contribution in [0.1, 0.15) is 18.4 Å². The monoisotopic (exact) mass is 494 g/mol. The van der Waals surface area contributed by atoms with Crippen LogP contribution in [0.3, 0.4) is 0 Å². The number of nitrogens with zero attached hydrogens (tertiary/aromatic N) is 3. The van der Waals surface area contributed by atoms with E-state index in [1.807, 2.05) is 6.07 Å². The number of aromatic nitrogens is 2. The van der Waals surface area contributed by atoms with E-state index in [-0.39, 0.29) is 23.1 Å². The Hall–Kier alpha value is -3.48. The number of nitriles is 1. The summed E-state index contributed by atoms with van der Waals surface area (Å²) in [5, 5.41) is 12.3. The number of carbonyl (C=O) groups is 1. The Bertz CT molecular complexity index is 1270. The highest BCUT2D eigenvalue weighted by molar-refractivity contribution is 9.10. The van der Waals surface area contributed by atoms with Gasteiger partial charge in [-0.05, 0) is 55.3 Å². The number of ether oxygens (including phenoxy) is 2. The molecule has 3 aromatic rings. The van der Waals surface area contributed by atoms with E-state index in [0.29, 0.717) is 24.5 Å². The van der Waals surface area contributed by atoms with E-state index in [4.69, 9.17) is 9.47 Å². The number of rotatable bonds is 6. The van der Waals surface area contributed by atoms with E-state index in [2.05, 4.69) is 26.2 Å². The van der Waals surface area contributed by atoms with E-state index in [1.54, 1.807) is 48.7 Å². The van der Waals surface area contributed by atoms with Gasteiger partial charge in [-0.15, -0.1) is 0 Å². The Balaban J connectivity index is 1.72. The fourth-order valence-corrected chi connectivity index (χ4v) is 3.56. The molecule has 0 bridgehead atoms. The van der Waals surface area contributed by atoms with Crippen molar-refractivity contribution in [3.8, 4) is 17.7 Å². The minimum atomic E-state index is -0.588. The number of nitrogens with one attached hydrogen (secondary N) is 1. The molecular formula is C23H19BrN4O4. The molecule has 1 atom stereocenters. The number of carbonyl (C=O) groups excluding carboxylic acids is 1. The molecule has 1 aromatic carbocycles. The summed E-state index contributed by atoms with van der Waals surface area (Å²) in [6.45, 7) is 0.965. The van der Waals surface area contributed by atoms with Crippen molar-refractivity contribution in [2.24, 2.45) is 0 Å². The van der Waals surface area contributed by atoms with Gasteiger partial charge in [-0.1, -0.05) is 22.0 Å². The second kappa shape index (κ2) is 9.77. The molecule has 162 valence electrons. The van der Waals surface area contributed by atoms with Crippen molar-refractivity contribution < 1.29 is 14.3 Å². The summed E-state index contributed by atoms with van der Waals surface area (Å²) in [4.78, 5) is 30.2. The first-order valence-corrected chi connectivity index (χ1v) is 10.8. The van der Waals surface area contributed by atoms with Gasteiger partial charge in [0, 0.05) is 23.8 Å². The average Bonchev–Trinajstić information content (AvgIpc) is 3.33. The number of hydrogen-bond donors (Lipinski definition) is 1. The third-order valence-electron chi connectivity index (χ3n) is 4.93. The lowest BCUT2D eigenvalue weighted by Crippen LogP contribution is -2.32. The minimum absolute atomic E-state index is 0.000403. The van der Waals surface area contributed by atoms with E-state index in [1.165, 1.54) is 10.5 Å². The van der Waals surface area contributed by atoms with Crippen LogP contribution in [-0.2, 0) is 9.53 Å². The van der Waals surface area contributed by atoms with Crippen molar-refractivity contribution in [3.63, 3.8) is 0 Å². The zero-order valence-electron chi connectivity index (χ0n) is 17.0. The van der Waals surface area contributed by atoms with Gasteiger partial charge in [0.2, 0.25) is 5.88 Å². The summed E-state index contributed by atoms with van der Waals surface area (Å²) in [5.74, 6) is -0.130. The second-order valence-corrected chi connectivity index (χ2v) is 8.05. The van der Waals surface area contributed by atoms with Crippen LogP contribution in [0.4, 0.5) is 0 Å². The van der Waals surface area contributed by atoms with Crippen LogP contribution >= 0.6 is 15.9 Å². The summed E-state index contributed by atoms with van der Waals surface area (Å²) >= 11 is 3.36. The van der Waals surface area contributed by atoms with Gasteiger partial charge in [-0.25, -0.2) is 0 Å². The highest BCUT2D eigenvalue weighted by Crippen LogP contribution is 2.25. The lowest BCUT2D eigenvalue weighted by atomic mass is 10.1. The molecule has 1 aliphatic heterocycles. The van der Waals surface area contributed by atoms with Crippen LogP contribution in [-0.4, -0.2) is 34.5 Å². The first kappa shape index (κ1) is 21.7. The Morgan fingerprint density at radius 1 is 1.34 bits per heavy atom. The second-order valence-electron chi connectivity index (χ2n) is 7.14. The lowest BCUT2D eigenvalue weighted by Gasteiger charge is -2.11. The van der Waals surface area contributed by atoms with Gasteiger partial charge in [-0.3, -0.25) is 14.0 Å². The van der Waals surface area contributed by atoms with Crippen molar-refractivity contribution in [2.75, 3.05) is 13.2 Å². The van der Waals surface area contributed by atoms with Crippen LogP contribution < -0.4 is 15.6 Å².